The van der Waals surface area contributed by atoms with Crippen molar-refractivity contribution in [1.82, 2.24) is 0 Å². The van der Waals surface area contributed by atoms with Gasteiger partial charge in [-0.15, -0.1) is 0 Å². The standard InChI is InChI=1S/C21H22N2O2S/c1-15-8-11-18(12-9-15)22-19-6-4-5-7-20(19)23-26(24,25)21-13-10-16(2)14-17(21)3/h4-14,22-23H,1-3H3. The molecule has 0 radical (unpaired) electrons. The maximum atomic E-state index is 12.8. The fourth-order valence-corrected chi connectivity index (χ4v) is 4.08. The Kier molecular flexibility index (Phi) is 5.00. The zero-order chi connectivity index (χ0) is 18.7. The van der Waals surface area contributed by atoms with Crippen molar-refractivity contribution in [2.75, 3.05) is 10.0 Å². The van der Waals surface area contributed by atoms with Crippen LogP contribution in [0.25, 0.3) is 0 Å². The van der Waals surface area contributed by atoms with E-state index in [1.807, 2.05) is 56.3 Å². The Morgan fingerprint density at radius 1 is 0.731 bits per heavy atom. The number of benzene rings is 3. The predicted octanol–water partition coefficient (Wildman–Crippen LogP) is 5.16. The van der Waals surface area contributed by atoms with Gasteiger partial charge in [-0.25, -0.2) is 8.42 Å². The van der Waals surface area contributed by atoms with Crippen molar-refractivity contribution in [1.29, 1.82) is 0 Å². The van der Waals surface area contributed by atoms with E-state index in [-0.39, 0.29) is 4.90 Å². The van der Waals surface area contributed by atoms with Gasteiger partial charge in [0.1, 0.15) is 0 Å². The van der Waals surface area contributed by atoms with Crippen molar-refractivity contribution in [2.45, 2.75) is 25.7 Å². The average Bonchev–Trinajstić information content (AvgIpc) is 2.58. The first kappa shape index (κ1) is 18.0. The third-order valence-electron chi connectivity index (χ3n) is 4.12. The second-order valence-electron chi connectivity index (χ2n) is 6.41. The predicted molar refractivity (Wildman–Crippen MR) is 108 cm³/mol. The van der Waals surface area contributed by atoms with E-state index in [1.165, 1.54) is 5.56 Å². The number of aryl methyl sites for hydroxylation is 3. The highest BCUT2D eigenvalue weighted by Gasteiger charge is 2.18. The first-order valence-electron chi connectivity index (χ1n) is 8.38. The van der Waals surface area contributed by atoms with Crippen LogP contribution in [-0.4, -0.2) is 8.42 Å². The summed E-state index contributed by atoms with van der Waals surface area (Å²) in [5.41, 5.74) is 5.02. The molecule has 0 aliphatic carbocycles. The monoisotopic (exact) mass is 366 g/mol. The van der Waals surface area contributed by atoms with Crippen LogP contribution in [0.4, 0.5) is 17.1 Å². The van der Waals surface area contributed by atoms with Crippen molar-refractivity contribution < 1.29 is 8.42 Å². The van der Waals surface area contributed by atoms with Gasteiger partial charge in [0.15, 0.2) is 0 Å². The minimum atomic E-state index is -3.67. The van der Waals surface area contributed by atoms with E-state index in [2.05, 4.69) is 10.0 Å². The molecule has 0 saturated heterocycles. The molecule has 3 rings (SSSR count). The highest BCUT2D eigenvalue weighted by atomic mass is 32.2. The quantitative estimate of drug-likeness (QED) is 0.656. The summed E-state index contributed by atoms with van der Waals surface area (Å²) in [6.07, 6.45) is 0. The van der Waals surface area contributed by atoms with E-state index in [4.69, 9.17) is 0 Å². The molecular formula is C21H22N2O2S. The number of rotatable bonds is 5. The highest BCUT2D eigenvalue weighted by molar-refractivity contribution is 7.92. The molecule has 0 bridgehead atoms. The van der Waals surface area contributed by atoms with Crippen molar-refractivity contribution in [3.8, 4) is 0 Å². The van der Waals surface area contributed by atoms with Crippen LogP contribution in [0.5, 0.6) is 0 Å². The maximum Gasteiger partial charge on any atom is 0.262 e. The Bertz CT molecular complexity index is 1030. The van der Waals surface area contributed by atoms with E-state index < -0.39 is 10.0 Å². The Hall–Kier alpha value is -2.79. The number of nitrogens with one attached hydrogen (secondary N) is 2. The minimum absolute atomic E-state index is 0.285. The van der Waals surface area contributed by atoms with Crippen molar-refractivity contribution in [2.24, 2.45) is 0 Å². The minimum Gasteiger partial charge on any atom is -0.354 e. The van der Waals surface area contributed by atoms with Crippen molar-refractivity contribution >= 4 is 27.1 Å². The fourth-order valence-electron chi connectivity index (χ4n) is 2.77. The van der Waals surface area contributed by atoms with Crippen LogP contribution in [-0.2, 0) is 10.0 Å². The molecule has 0 heterocycles. The van der Waals surface area contributed by atoms with Crippen LogP contribution >= 0.6 is 0 Å². The summed E-state index contributed by atoms with van der Waals surface area (Å²) in [4.78, 5) is 0.285. The molecule has 0 unspecified atom stereocenters. The van der Waals surface area contributed by atoms with Gasteiger partial charge in [0.2, 0.25) is 0 Å². The third kappa shape index (κ3) is 4.06. The maximum absolute atomic E-state index is 12.8. The molecule has 4 nitrogen and oxygen atoms in total. The lowest BCUT2D eigenvalue weighted by atomic mass is 10.2. The fraction of sp³-hybridized carbons (Fsp3) is 0.143. The number of hydrogen-bond donors (Lipinski definition) is 2. The van der Waals surface area contributed by atoms with Crippen LogP contribution in [0.1, 0.15) is 16.7 Å². The first-order valence-corrected chi connectivity index (χ1v) is 9.86. The van der Waals surface area contributed by atoms with Crippen molar-refractivity contribution in [3.05, 3.63) is 83.4 Å². The molecule has 2 N–H and O–H groups in total. The molecule has 26 heavy (non-hydrogen) atoms. The lowest BCUT2D eigenvalue weighted by Gasteiger charge is -2.15. The number of para-hydroxylation sites is 2. The van der Waals surface area contributed by atoms with Gasteiger partial charge in [0.25, 0.3) is 10.0 Å². The van der Waals surface area contributed by atoms with Gasteiger partial charge in [0, 0.05) is 5.69 Å². The summed E-state index contributed by atoms with van der Waals surface area (Å²) in [6, 6.07) is 20.5. The van der Waals surface area contributed by atoms with Gasteiger partial charge in [-0.3, -0.25) is 4.72 Å². The molecule has 134 valence electrons. The average molecular weight is 366 g/mol. The van der Waals surface area contributed by atoms with E-state index in [1.54, 1.807) is 31.2 Å². The topological polar surface area (TPSA) is 58.2 Å². The number of hydrogen-bond acceptors (Lipinski definition) is 3. The molecule has 3 aromatic carbocycles. The zero-order valence-corrected chi connectivity index (χ0v) is 15.9. The van der Waals surface area contributed by atoms with Crippen LogP contribution in [0.3, 0.4) is 0 Å². The summed E-state index contributed by atoms with van der Waals surface area (Å²) in [6.45, 7) is 5.77. The molecule has 3 aromatic rings. The summed E-state index contributed by atoms with van der Waals surface area (Å²) in [5, 5.41) is 3.27. The van der Waals surface area contributed by atoms with Crippen LogP contribution < -0.4 is 10.0 Å². The highest BCUT2D eigenvalue weighted by Crippen LogP contribution is 2.28. The SMILES string of the molecule is Cc1ccc(Nc2ccccc2NS(=O)(=O)c2ccc(C)cc2C)cc1. The summed E-state index contributed by atoms with van der Waals surface area (Å²) in [7, 11) is -3.67. The molecule has 0 spiro atoms. The lowest BCUT2D eigenvalue weighted by molar-refractivity contribution is 0.600. The zero-order valence-electron chi connectivity index (χ0n) is 15.1. The summed E-state index contributed by atoms with van der Waals surface area (Å²) in [5.74, 6) is 0. The largest absolute Gasteiger partial charge is 0.354 e. The smallest absolute Gasteiger partial charge is 0.262 e. The molecule has 0 aliphatic rings. The van der Waals surface area contributed by atoms with Crippen LogP contribution in [0, 0.1) is 20.8 Å². The lowest BCUT2D eigenvalue weighted by Crippen LogP contribution is -2.15. The normalized spacial score (nSPS) is 11.2. The van der Waals surface area contributed by atoms with Gasteiger partial charge in [-0.05, 0) is 56.7 Å². The van der Waals surface area contributed by atoms with Gasteiger partial charge in [-0.1, -0.05) is 47.5 Å². The van der Waals surface area contributed by atoms with Crippen LogP contribution in [0.15, 0.2) is 71.6 Å². The Morgan fingerprint density at radius 3 is 2.00 bits per heavy atom. The van der Waals surface area contributed by atoms with E-state index in [0.717, 1.165) is 16.8 Å². The van der Waals surface area contributed by atoms with Gasteiger partial charge in [-0.2, -0.15) is 0 Å². The molecule has 0 saturated carbocycles. The Morgan fingerprint density at radius 2 is 1.35 bits per heavy atom. The van der Waals surface area contributed by atoms with Crippen LogP contribution in [0.2, 0.25) is 0 Å². The first-order chi connectivity index (χ1) is 12.3. The summed E-state index contributed by atoms with van der Waals surface area (Å²) >= 11 is 0. The third-order valence-corrected chi connectivity index (χ3v) is 5.65. The Balaban J connectivity index is 1.91. The Labute approximate surface area is 155 Å². The second-order valence-corrected chi connectivity index (χ2v) is 8.06. The molecule has 5 heteroatoms. The van der Waals surface area contributed by atoms with Gasteiger partial charge in [0.05, 0.1) is 16.3 Å². The van der Waals surface area contributed by atoms with Gasteiger partial charge < -0.3 is 5.32 Å². The van der Waals surface area contributed by atoms with Crippen molar-refractivity contribution in [3.63, 3.8) is 0 Å². The van der Waals surface area contributed by atoms with E-state index >= 15 is 0 Å². The molecule has 0 aliphatic heterocycles. The number of sulfonamides is 1. The molecule has 0 fully saturated rings. The molecule has 0 amide bonds. The van der Waals surface area contributed by atoms with E-state index in [9.17, 15) is 8.42 Å². The summed E-state index contributed by atoms with van der Waals surface area (Å²) < 4.78 is 28.4. The second kappa shape index (κ2) is 7.22. The molecule has 0 aromatic heterocycles. The number of anilines is 3. The van der Waals surface area contributed by atoms with Gasteiger partial charge >= 0.3 is 0 Å². The molecule has 0 atom stereocenters. The molecular weight excluding hydrogens is 344 g/mol. The van der Waals surface area contributed by atoms with E-state index in [0.29, 0.717) is 11.4 Å².